The highest BCUT2D eigenvalue weighted by atomic mass is 35.5. The molecule has 0 bridgehead atoms. The van der Waals surface area contributed by atoms with Crippen LogP contribution in [0.2, 0.25) is 5.02 Å². The van der Waals surface area contributed by atoms with Gasteiger partial charge in [0, 0.05) is 11.6 Å². The third-order valence-corrected chi connectivity index (χ3v) is 3.13. The molecule has 2 rings (SSSR count). The van der Waals surface area contributed by atoms with Crippen molar-refractivity contribution in [1.29, 1.82) is 0 Å². The van der Waals surface area contributed by atoms with E-state index in [1.807, 2.05) is 0 Å². The van der Waals surface area contributed by atoms with Crippen LogP contribution in [-0.2, 0) is 6.61 Å². The highest BCUT2D eigenvalue weighted by Gasteiger charge is 2.09. The molecule has 0 spiro atoms. The van der Waals surface area contributed by atoms with E-state index in [-0.39, 0.29) is 12.2 Å². The van der Waals surface area contributed by atoms with Crippen molar-refractivity contribution in [2.45, 2.75) is 19.6 Å². The fourth-order valence-corrected chi connectivity index (χ4v) is 1.93. The molecule has 1 atom stereocenters. The van der Waals surface area contributed by atoms with E-state index in [2.05, 4.69) is 0 Å². The SMILES string of the molecule is CC(O)c1ccc(OCc2ccc(F)cc2F)c(Cl)c1. The molecule has 0 aliphatic heterocycles. The zero-order valence-electron chi connectivity index (χ0n) is 10.7. The Bertz CT molecular complexity index is 615. The maximum atomic E-state index is 13.4. The monoisotopic (exact) mass is 298 g/mol. The zero-order chi connectivity index (χ0) is 14.7. The maximum absolute atomic E-state index is 13.4. The molecule has 2 aromatic rings. The summed E-state index contributed by atoms with van der Waals surface area (Å²) in [5.74, 6) is -0.924. The first kappa shape index (κ1) is 14.8. The number of ether oxygens (including phenoxy) is 1. The standard InChI is InChI=1S/C15H13ClF2O2/c1-9(19)10-3-5-15(13(16)6-10)20-8-11-2-4-12(17)7-14(11)18/h2-7,9,19H,8H2,1H3. The Morgan fingerprint density at radius 3 is 2.55 bits per heavy atom. The van der Waals surface area contributed by atoms with Crippen molar-refractivity contribution in [2.24, 2.45) is 0 Å². The summed E-state index contributed by atoms with van der Waals surface area (Å²) in [5.41, 5.74) is 0.900. The van der Waals surface area contributed by atoms with Gasteiger partial charge in [0.15, 0.2) is 0 Å². The van der Waals surface area contributed by atoms with Crippen molar-refractivity contribution in [3.63, 3.8) is 0 Å². The van der Waals surface area contributed by atoms with Crippen molar-refractivity contribution in [2.75, 3.05) is 0 Å². The number of aliphatic hydroxyl groups excluding tert-OH is 1. The molecule has 0 aliphatic rings. The van der Waals surface area contributed by atoms with Gasteiger partial charge in [-0.25, -0.2) is 8.78 Å². The van der Waals surface area contributed by atoms with Gasteiger partial charge in [0.05, 0.1) is 11.1 Å². The molecule has 0 radical (unpaired) electrons. The fraction of sp³-hybridized carbons (Fsp3) is 0.200. The second-order valence-corrected chi connectivity index (χ2v) is 4.80. The van der Waals surface area contributed by atoms with Gasteiger partial charge in [0.1, 0.15) is 24.0 Å². The third-order valence-electron chi connectivity index (χ3n) is 2.84. The first-order valence-electron chi connectivity index (χ1n) is 6.01. The van der Waals surface area contributed by atoms with Crippen LogP contribution in [0, 0.1) is 11.6 Å². The van der Waals surface area contributed by atoms with Gasteiger partial charge in [0.25, 0.3) is 0 Å². The Morgan fingerprint density at radius 2 is 1.95 bits per heavy atom. The van der Waals surface area contributed by atoms with Crippen LogP contribution in [0.5, 0.6) is 5.75 Å². The summed E-state index contributed by atoms with van der Waals surface area (Å²) in [6.07, 6.45) is -0.629. The second-order valence-electron chi connectivity index (χ2n) is 4.39. The lowest BCUT2D eigenvalue weighted by atomic mass is 10.1. The molecular weight excluding hydrogens is 286 g/mol. The van der Waals surface area contributed by atoms with Crippen LogP contribution in [-0.4, -0.2) is 5.11 Å². The number of hydrogen-bond donors (Lipinski definition) is 1. The Kier molecular flexibility index (Phi) is 4.57. The molecule has 20 heavy (non-hydrogen) atoms. The Labute approximate surface area is 120 Å². The van der Waals surface area contributed by atoms with Crippen LogP contribution in [0.4, 0.5) is 8.78 Å². The van der Waals surface area contributed by atoms with Crippen LogP contribution in [0.1, 0.15) is 24.2 Å². The Balaban J connectivity index is 2.11. The van der Waals surface area contributed by atoms with Gasteiger partial charge >= 0.3 is 0 Å². The molecule has 2 nitrogen and oxygen atoms in total. The molecule has 0 amide bonds. The van der Waals surface area contributed by atoms with Crippen LogP contribution in [0.15, 0.2) is 36.4 Å². The van der Waals surface area contributed by atoms with Crippen molar-refractivity contribution in [3.05, 3.63) is 64.2 Å². The Morgan fingerprint density at radius 1 is 1.20 bits per heavy atom. The lowest BCUT2D eigenvalue weighted by Gasteiger charge is -2.11. The minimum absolute atomic E-state index is 0.0557. The lowest BCUT2D eigenvalue weighted by Crippen LogP contribution is -2.00. The molecule has 5 heteroatoms. The average molecular weight is 299 g/mol. The van der Waals surface area contributed by atoms with Gasteiger partial charge in [-0.3, -0.25) is 0 Å². The lowest BCUT2D eigenvalue weighted by molar-refractivity contribution is 0.199. The zero-order valence-corrected chi connectivity index (χ0v) is 11.5. The van der Waals surface area contributed by atoms with Gasteiger partial charge in [0.2, 0.25) is 0 Å². The predicted octanol–water partition coefficient (Wildman–Crippen LogP) is 4.25. The average Bonchev–Trinajstić information content (AvgIpc) is 2.38. The number of aliphatic hydroxyl groups is 1. The molecule has 0 saturated heterocycles. The third kappa shape index (κ3) is 3.46. The fourth-order valence-electron chi connectivity index (χ4n) is 1.69. The summed E-state index contributed by atoms with van der Waals surface area (Å²) in [7, 11) is 0. The van der Waals surface area contributed by atoms with Gasteiger partial charge in [-0.2, -0.15) is 0 Å². The highest BCUT2D eigenvalue weighted by molar-refractivity contribution is 6.32. The van der Waals surface area contributed by atoms with Crippen molar-refractivity contribution < 1.29 is 18.6 Å². The number of benzene rings is 2. The van der Waals surface area contributed by atoms with E-state index in [9.17, 15) is 13.9 Å². The van der Waals surface area contributed by atoms with Crippen LogP contribution < -0.4 is 4.74 Å². The molecule has 106 valence electrons. The molecular formula is C15H13ClF2O2. The van der Waals surface area contributed by atoms with E-state index < -0.39 is 17.7 Å². The molecule has 0 saturated carbocycles. The summed E-state index contributed by atoms with van der Waals surface area (Å²) in [6.45, 7) is 1.57. The van der Waals surface area contributed by atoms with Crippen molar-refractivity contribution in [1.82, 2.24) is 0 Å². The van der Waals surface area contributed by atoms with Crippen molar-refractivity contribution >= 4 is 11.6 Å². The summed E-state index contributed by atoms with van der Waals surface area (Å²) >= 11 is 6.01. The van der Waals surface area contributed by atoms with E-state index in [1.165, 1.54) is 12.1 Å². The molecule has 0 aromatic heterocycles. The molecule has 0 aliphatic carbocycles. The molecule has 0 fully saturated rings. The predicted molar refractivity (Wildman–Crippen MR) is 72.8 cm³/mol. The smallest absolute Gasteiger partial charge is 0.138 e. The van der Waals surface area contributed by atoms with Crippen LogP contribution in [0.3, 0.4) is 0 Å². The van der Waals surface area contributed by atoms with Gasteiger partial charge in [-0.1, -0.05) is 17.7 Å². The molecule has 0 heterocycles. The second kappa shape index (κ2) is 6.20. The van der Waals surface area contributed by atoms with Crippen molar-refractivity contribution in [3.8, 4) is 5.75 Å². The Hall–Kier alpha value is -1.65. The quantitative estimate of drug-likeness (QED) is 0.914. The normalized spacial score (nSPS) is 12.2. The maximum Gasteiger partial charge on any atom is 0.138 e. The number of halogens is 3. The van der Waals surface area contributed by atoms with E-state index in [4.69, 9.17) is 16.3 Å². The molecule has 2 aromatic carbocycles. The van der Waals surface area contributed by atoms with Crippen LogP contribution in [0.25, 0.3) is 0 Å². The summed E-state index contributed by atoms with van der Waals surface area (Å²) in [4.78, 5) is 0. The first-order valence-corrected chi connectivity index (χ1v) is 6.39. The summed E-state index contributed by atoms with van der Waals surface area (Å²) < 4.78 is 31.6. The number of hydrogen-bond acceptors (Lipinski definition) is 2. The van der Waals surface area contributed by atoms with Gasteiger partial charge in [-0.15, -0.1) is 0 Å². The van der Waals surface area contributed by atoms with E-state index in [0.29, 0.717) is 16.3 Å². The summed E-state index contributed by atoms with van der Waals surface area (Å²) in [5, 5.41) is 9.75. The van der Waals surface area contributed by atoms with Crippen LogP contribution >= 0.6 is 11.6 Å². The topological polar surface area (TPSA) is 29.5 Å². The minimum Gasteiger partial charge on any atom is -0.487 e. The molecule has 1 unspecified atom stereocenters. The summed E-state index contributed by atoms with van der Waals surface area (Å²) in [6, 6.07) is 8.15. The molecule has 1 N–H and O–H groups in total. The largest absolute Gasteiger partial charge is 0.487 e. The van der Waals surface area contributed by atoms with Gasteiger partial charge < -0.3 is 9.84 Å². The minimum atomic E-state index is -0.665. The first-order chi connectivity index (χ1) is 9.47. The van der Waals surface area contributed by atoms with E-state index in [0.717, 1.165) is 6.07 Å². The number of rotatable bonds is 4. The highest BCUT2D eigenvalue weighted by Crippen LogP contribution is 2.28. The van der Waals surface area contributed by atoms with E-state index >= 15 is 0 Å². The van der Waals surface area contributed by atoms with E-state index in [1.54, 1.807) is 25.1 Å². The van der Waals surface area contributed by atoms with Gasteiger partial charge in [-0.05, 0) is 36.8 Å².